The monoisotopic (exact) mass is 356 g/mol. The van der Waals surface area contributed by atoms with E-state index in [1.54, 1.807) is 0 Å². The van der Waals surface area contributed by atoms with Crippen LogP contribution in [0.15, 0.2) is 24.3 Å². The van der Waals surface area contributed by atoms with E-state index in [9.17, 15) is 4.79 Å². The third kappa shape index (κ3) is 4.94. The van der Waals surface area contributed by atoms with E-state index in [4.69, 9.17) is 0 Å². The summed E-state index contributed by atoms with van der Waals surface area (Å²) in [5.74, 6) is 0.0877. The molecule has 1 unspecified atom stereocenters. The Balaban J connectivity index is 1.92. The van der Waals surface area contributed by atoms with Gasteiger partial charge in [0.1, 0.15) is 0 Å². The van der Waals surface area contributed by atoms with Crippen molar-refractivity contribution >= 4 is 5.91 Å². The van der Waals surface area contributed by atoms with E-state index >= 15 is 0 Å². The molecule has 1 aromatic carbocycles. The largest absolute Gasteiger partial charge is 0.354 e. The van der Waals surface area contributed by atoms with Crippen LogP contribution in [0.25, 0.3) is 0 Å². The highest BCUT2D eigenvalue weighted by Gasteiger charge is 2.16. The smallest absolute Gasteiger partial charge is 0.220 e. The Hall–Kier alpha value is -2.14. The fraction of sp³-hybridized carbons (Fsp3) is 0.524. The summed E-state index contributed by atoms with van der Waals surface area (Å²) in [4.78, 5) is 14.5. The van der Waals surface area contributed by atoms with Crippen molar-refractivity contribution in [3.8, 4) is 0 Å². The van der Waals surface area contributed by atoms with Crippen LogP contribution in [0.1, 0.15) is 47.5 Å². The summed E-state index contributed by atoms with van der Waals surface area (Å²) in [7, 11) is 6.04. The molecule has 142 valence electrons. The van der Waals surface area contributed by atoms with Crippen LogP contribution < -0.4 is 5.32 Å². The molecule has 1 atom stereocenters. The number of rotatable bonds is 8. The Morgan fingerprint density at radius 1 is 1.23 bits per heavy atom. The molecule has 2 aromatic rings. The van der Waals surface area contributed by atoms with Gasteiger partial charge < -0.3 is 10.2 Å². The Bertz CT molecular complexity index is 731. The summed E-state index contributed by atoms with van der Waals surface area (Å²) in [6, 6.07) is 8.84. The van der Waals surface area contributed by atoms with Crippen LogP contribution >= 0.6 is 0 Å². The van der Waals surface area contributed by atoms with Gasteiger partial charge in [-0.15, -0.1) is 0 Å². The van der Waals surface area contributed by atoms with Gasteiger partial charge in [0, 0.05) is 25.7 Å². The molecule has 0 bridgehead atoms. The number of hydrogen-bond acceptors (Lipinski definition) is 3. The fourth-order valence-electron chi connectivity index (χ4n) is 3.29. The fourth-order valence-corrected chi connectivity index (χ4v) is 3.29. The number of hydrogen-bond donors (Lipinski definition) is 1. The zero-order valence-electron chi connectivity index (χ0n) is 17.0. The summed E-state index contributed by atoms with van der Waals surface area (Å²) in [5.41, 5.74) is 5.89. The number of carbonyl (C=O) groups excluding carboxylic acids is 1. The van der Waals surface area contributed by atoms with Crippen molar-refractivity contribution in [2.24, 2.45) is 7.05 Å². The summed E-state index contributed by atoms with van der Waals surface area (Å²) in [6.07, 6.45) is 2.26. The second-order valence-electron chi connectivity index (χ2n) is 7.15. The SMILES string of the molecule is CCc1ccc(C(CNC(=O)CCc2c(C)nn(C)c2C)N(C)C)cc1. The molecule has 0 saturated carbocycles. The highest BCUT2D eigenvalue weighted by molar-refractivity contribution is 5.76. The van der Waals surface area contributed by atoms with E-state index in [0.717, 1.165) is 24.2 Å². The van der Waals surface area contributed by atoms with Gasteiger partial charge in [0.15, 0.2) is 0 Å². The lowest BCUT2D eigenvalue weighted by atomic mass is 10.0. The summed E-state index contributed by atoms with van der Waals surface area (Å²) >= 11 is 0. The summed E-state index contributed by atoms with van der Waals surface area (Å²) in [6.45, 7) is 6.82. The predicted molar refractivity (Wildman–Crippen MR) is 106 cm³/mol. The summed E-state index contributed by atoms with van der Waals surface area (Å²) in [5, 5.41) is 7.52. The van der Waals surface area contributed by atoms with E-state index in [2.05, 4.69) is 53.4 Å². The lowest BCUT2D eigenvalue weighted by molar-refractivity contribution is -0.121. The van der Waals surface area contributed by atoms with Gasteiger partial charge in [0.2, 0.25) is 5.91 Å². The number of nitrogens with zero attached hydrogens (tertiary/aromatic N) is 3. The van der Waals surface area contributed by atoms with Gasteiger partial charge in [-0.1, -0.05) is 31.2 Å². The van der Waals surface area contributed by atoms with Gasteiger partial charge in [-0.25, -0.2) is 0 Å². The third-order valence-electron chi connectivity index (χ3n) is 5.15. The van der Waals surface area contributed by atoms with Gasteiger partial charge in [-0.05, 0) is 57.5 Å². The summed E-state index contributed by atoms with van der Waals surface area (Å²) < 4.78 is 1.88. The van der Waals surface area contributed by atoms with Crippen LogP contribution in [0.2, 0.25) is 0 Å². The Morgan fingerprint density at radius 3 is 2.38 bits per heavy atom. The molecule has 0 spiro atoms. The van der Waals surface area contributed by atoms with Crippen LogP contribution in [-0.4, -0.2) is 41.2 Å². The molecule has 1 aromatic heterocycles. The van der Waals surface area contributed by atoms with E-state index in [-0.39, 0.29) is 11.9 Å². The Kier molecular flexibility index (Phi) is 6.98. The standard InChI is InChI=1S/C21H32N4O/c1-7-17-8-10-18(11-9-17)20(24(4)5)14-22-21(26)13-12-19-15(2)23-25(6)16(19)3/h8-11,20H,7,12-14H2,1-6H3,(H,22,26). The molecular formula is C21H32N4O. The maximum absolute atomic E-state index is 12.3. The van der Waals surface area contributed by atoms with Crippen molar-refractivity contribution in [2.45, 2.75) is 46.1 Å². The molecule has 1 amide bonds. The maximum Gasteiger partial charge on any atom is 0.220 e. The molecule has 2 rings (SSSR count). The quantitative estimate of drug-likeness (QED) is 0.791. The number of benzene rings is 1. The zero-order chi connectivity index (χ0) is 19.3. The molecule has 5 heteroatoms. The van der Waals surface area contributed by atoms with Gasteiger partial charge in [0.05, 0.1) is 11.7 Å². The van der Waals surface area contributed by atoms with Crippen molar-refractivity contribution in [2.75, 3.05) is 20.6 Å². The predicted octanol–water partition coefficient (Wildman–Crippen LogP) is 2.95. The minimum Gasteiger partial charge on any atom is -0.354 e. The number of aromatic nitrogens is 2. The van der Waals surface area contributed by atoms with Gasteiger partial charge in [-0.2, -0.15) is 5.10 Å². The van der Waals surface area contributed by atoms with E-state index in [1.165, 1.54) is 16.7 Å². The molecular weight excluding hydrogens is 324 g/mol. The lowest BCUT2D eigenvalue weighted by Gasteiger charge is -2.25. The van der Waals surface area contributed by atoms with Crippen LogP contribution in [0.3, 0.4) is 0 Å². The Labute approximate surface area is 157 Å². The van der Waals surface area contributed by atoms with Crippen molar-refractivity contribution in [3.05, 3.63) is 52.3 Å². The van der Waals surface area contributed by atoms with E-state index in [1.807, 2.05) is 32.7 Å². The lowest BCUT2D eigenvalue weighted by Crippen LogP contribution is -2.34. The first-order valence-corrected chi connectivity index (χ1v) is 9.34. The van der Waals surface area contributed by atoms with Gasteiger partial charge >= 0.3 is 0 Å². The van der Waals surface area contributed by atoms with Crippen molar-refractivity contribution in [3.63, 3.8) is 0 Å². The van der Waals surface area contributed by atoms with Crippen molar-refractivity contribution in [1.29, 1.82) is 0 Å². The average Bonchev–Trinajstić information content (AvgIpc) is 2.85. The second kappa shape index (κ2) is 8.99. The van der Waals surface area contributed by atoms with Gasteiger partial charge in [0.25, 0.3) is 0 Å². The molecule has 0 saturated heterocycles. The second-order valence-corrected chi connectivity index (χ2v) is 7.15. The maximum atomic E-state index is 12.3. The molecule has 0 aliphatic rings. The Morgan fingerprint density at radius 2 is 1.88 bits per heavy atom. The molecule has 0 radical (unpaired) electrons. The van der Waals surface area contributed by atoms with E-state index in [0.29, 0.717) is 13.0 Å². The van der Waals surface area contributed by atoms with Crippen LogP contribution in [-0.2, 0) is 24.7 Å². The van der Waals surface area contributed by atoms with Crippen molar-refractivity contribution in [1.82, 2.24) is 20.0 Å². The molecule has 26 heavy (non-hydrogen) atoms. The highest BCUT2D eigenvalue weighted by Crippen LogP contribution is 2.19. The molecule has 1 heterocycles. The number of amides is 1. The first-order valence-electron chi connectivity index (χ1n) is 9.34. The minimum absolute atomic E-state index is 0.0877. The first kappa shape index (κ1) is 20.2. The highest BCUT2D eigenvalue weighted by atomic mass is 16.1. The van der Waals surface area contributed by atoms with Crippen LogP contribution in [0, 0.1) is 13.8 Å². The number of likely N-dealkylation sites (N-methyl/N-ethyl adjacent to an activating group) is 1. The van der Waals surface area contributed by atoms with E-state index < -0.39 is 0 Å². The molecule has 0 fully saturated rings. The van der Waals surface area contributed by atoms with Crippen LogP contribution in [0.4, 0.5) is 0 Å². The molecule has 5 nitrogen and oxygen atoms in total. The number of carbonyl (C=O) groups is 1. The zero-order valence-corrected chi connectivity index (χ0v) is 17.0. The third-order valence-corrected chi connectivity index (χ3v) is 5.15. The number of aryl methyl sites for hydroxylation is 3. The minimum atomic E-state index is 0.0877. The molecule has 0 aliphatic carbocycles. The molecule has 1 N–H and O–H groups in total. The normalized spacial score (nSPS) is 12.4. The number of nitrogens with one attached hydrogen (secondary N) is 1. The van der Waals surface area contributed by atoms with Crippen molar-refractivity contribution < 1.29 is 4.79 Å². The first-order chi connectivity index (χ1) is 12.3. The topological polar surface area (TPSA) is 50.2 Å². The van der Waals surface area contributed by atoms with Gasteiger partial charge in [-0.3, -0.25) is 9.48 Å². The molecule has 0 aliphatic heterocycles. The average molecular weight is 357 g/mol. The van der Waals surface area contributed by atoms with Crippen LogP contribution in [0.5, 0.6) is 0 Å².